The van der Waals surface area contributed by atoms with Crippen molar-refractivity contribution in [2.24, 2.45) is 0 Å². The minimum absolute atomic E-state index is 0.0770. The molecule has 2 N–H and O–H groups in total. The second-order valence-corrected chi connectivity index (χ2v) is 6.37. The quantitative estimate of drug-likeness (QED) is 0.877. The van der Waals surface area contributed by atoms with Crippen molar-refractivity contribution in [3.8, 4) is 0 Å². The Morgan fingerprint density at radius 3 is 2.65 bits per heavy atom. The van der Waals surface area contributed by atoms with E-state index in [9.17, 15) is 9.90 Å². The molecule has 1 aromatic carbocycles. The number of aliphatic hydroxyl groups excluding tert-OH is 1. The number of aliphatic hydroxyl groups is 1. The molecule has 1 aliphatic heterocycles. The van der Waals surface area contributed by atoms with Crippen molar-refractivity contribution in [2.75, 3.05) is 20.1 Å². The Hall–Kier alpha value is -0.910. The van der Waals surface area contributed by atoms with Crippen LogP contribution in [0.3, 0.4) is 0 Å². The van der Waals surface area contributed by atoms with Crippen LogP contribution in [-0.2, 0) is 4.79 Å². The molecule has 0 aromatic heterocycles. The highest BCUT2D eigenvalue weighted by atomic mass is 79.9. The van der Waals surface area contributed by atoms with E-state index in [0.29, 0.717) is 19.5 Å². The number of amides is 1. The maximum Gasteiger partial charge on any atom is 0.223 e. The van der Waals surface area contributed by atoms with Crippen LogP contribution in [0.2, 0.25) is 0 Å². The first-order valence-electron chi connectivity index (χ1n) is 6.89. The fourth-order valence-corrected chi connectivity index (χ4v) is 2.81. The second kappa shape index (κ2) is 6.70. The van der Waals surface area contributed by atoms with E-state index in [0.717, 1.165) is 10.0 Å². The van der Waals surface area contributed by atoms with Crippen molar-refractivity contribution in [1.29, 1.82) is 0 Å². The number of β-amino-alcohol motifs (C(OH)–C–C–N with tert-alkyl or cyclic N) is 1. The number of likely N-dealkylation sites (N-methyl/N-ethyl adjacent to an activating group) is 1. The van der Waals surface area contributed by atoms with Gasteiger partial charge in [-0.3, -0.25) is 4.79 Å². The van der Waals surface area contributed by atoms with E-state index in [1.807, 2.05) is 24.3 Å². The third-order valence-corrected chi connectivity index (χ3v) is 4.49. The summed E-state index contributed by atoms with van der Waals surface area (Å²) in [4.78, 5) is 14.0. The van der Waals surface area contributed by atoms with Gasteiger partial charge in [0.1, 0.15) is 0 Å². The van der Waals surface area contributed by atoms with Gasteiger partial charge in [-0.15, -0.1) is 0 Å². The van der Waals surface area contributed by atoms with Gasteiger partial charge in [0.25, 0.3) is 0 Å². The molecular weight excluding hydrogens is 320 g/mol. The van der Waals surface area contributed by atoms with Crippen LogP contribution in [0.4, 0.5) is 0 Å². The van der Waals surface area contributed by atoms with Crippen LogP contribution in [0.1, 0.15) is 24.8 Å². The van der Waals surface area contributed by atoms with Crippen molar-refractivity contribution < 1.29 is 9.90 Å². The van der Waals surface area contributed by atoms with Crippen LogP contribution in [0.15, 0.2) is 28.7 Å². The number of hydrogen-bond acceptors (Lipinski definition) is 3. The number of carbonyl (C=O) groups is 1. The predicted octanol–water partition coefficient (Wildman–Crippen LogP) is 1.73. The number of benzene rings is 1. The highest BCUT2D eigenvalue weighted by Crippen LogP contribution is 2.22. The van der Waals surface area contributed by atoms with Gasteiger partial charge in [-0.2, -0.15) is 0 Å². The topological polar surface area (TPSA) is 52.6 Å². The minimum Gasteiger partial charge on any atom is -0.390 e. The Morgan fingerprint density at radius 2 is 2.10 bits per heavy atom. The Balaban J connectivity index is 1.95. The number of halogens is 1. The minimum atomic E-state index is -0.466. The SMILES string of the molecule is CC(CC(=O)N(C)[C@@H]1CNC[C@H]1O)c1ccc(Br)cc1. The van der Waals surface area contributed by atoms with Crippen LogP contribution in [0, 0.1) is 0 Å². The van der Waals surface area contributed by atoms with Gasteiger partial charge in [0.15, 0.2) is 0 Å². The zero-order valence-electron chi connectivity index (χ0n) is 11.8. The van der Waals surface area contributed by atoms with Gasteiger partial charge in [0.2, 0.25) is 5.91 Å². The summed E-state index contributed by atoms with van der Waals surface area (Å²) in [5, 5.41) is 12.9. The van der Waals surface area contributed by atoms with Crippen molar-refractivity contribution in [3.05, 3.63) is 34.3 Å². The average molecular weight is 341 g/mol. The molecule has 1 amide bonds. The fraction of sp³-hybridized carbons (Fsp3) is 0.533. The molecule has 5 heteroatoms. The molecular formula is C15H21BrN2O2. The predicted molar refractivity (Wildman–Crippen MR) is 82.6 cm³/mol. The fourth-order valence-electron chi connectivity index (χ4n) is 2.55. The summed E-state index contributed by atoms with van der Waals surface area (Å²) in [5.74, 6) is 0.248. The molecule has 0 bridgehead atoms. The van der Waals surface area contributed by atoms with E-state index in [2.05, 4.69) is 28.2 Å². The largest absolute Gasteiger partial charge is 0.390 e. The number of nitrogens with one attached hydrogen (secondary N) is 1. The monoisotopic (exact) mass is 340 g/mol. The first-order chi connectivity index (χ1) is 9.49. The van der Waals surface area contributed by atoms with E-state index in [1.165, 1.54) is 0 Å². The molecule has 1 aromatic rings. The molecule has 0 aliphatic carbocycles. The normalized spacial score (nSPS) is 23.6. The first-order valence-corrected chi connectivity index (χ1v) is 7.68. The number of nitrogens with zero attached hydrogens (tertiary/aromatic N) is 1. The number of carbonyl (C=O) groups excluding carboxylic acids is 1. The zero-order chi connectivity index (χ0) is 14.7. The molecule has 1 aliphatic rings. The van der Waals surface area contributed by atoms with Gasteiger partial charge in [0.05, 0.1) is 12.1 Å². The molecule has 1 unspecified atom stereocenters. The molecule has 1 fully saturated rings. The summed E-state index contributed by atoms with van der Waals surface area (Å²) < 4.78 is 1.04. The highest BCUT2D eigenvalue weighted by Gasteiger charge is 2.31. The Morgan fingerprint density at radius 1 is 1.45 bits per heavy atom. The first kappa shape index (κ1) is 15.5. The van der Waals surface area contributed by atoms with Crippen molar-refractivity contribution >= 4 is 21.8 Å². The Labute approximate surface area is 128 Å². The molecule has 3 atom stereocenters. The number of rotatable bonds is 4. The molecule has 1 saturated heterocycles. The van der Waals surface area contributed by atoms with Crippen molar-refractivity contribution in [1.82, 2.24) is 10.2 Å². The van der Waals surface area contributed by atoms with Gasteiger partial charge in [-0.1, -0.05) is 35.0 Å². The van der Waals surface area contributed by atoms with Crippen LogP contribution in [0.5, 0.6) is 0 Å². The van der Waals surface area contributed by atoms with Crippen molar-refractivity contribution in [3.63, 3.8) is 0 Å². The summed E-state index contributed by atoms with van der Waals surface area (Å²) in [5.41, 5.74) is 1.15. The lowest BCUT2D eigenvalue weighted by Crippen LogP contribution is -2.44. The lowest BCUT2D eigenvalue weighted by atomic mass is 9.97. The summed E-state index contributed by atoms with van der Waals surface area (Å²) in [6.07, 6.45) is -0.00612. The van der Waals surface area contributed by atoms with Gasteiger partial charge in [-0.05, 0) is 23.6 Å². The second-order valence-electron chi connectivity index (χ2n) is 5.45. The van der Waals surface area contributed by atoms with Crippen LogP contribution < -0.4 is 5.32 Å². The summed E-state index contributed by atoms with van der Waals surface area (Å²) >= 11 is 3.41. The van der Waals surface area contributed by atoms with E-state index in [1.54, 1.807) is 11.9 Å². The maximum absolute atomic E-state index is 12.3. The molecule has 0 spiro atoms. The van der Waals surface area contributed by atoms with Crippen molar-refractivity contribution in [2.45, 2.75) is 31.4 Å². The zero-order valence-corrected chi connectivity index (χ0v) is 13.4. The third-order valence-electron chi connectivity index (χ3n) is 3.96. The highest BCUT2D eigenvalue weighted by molar-refractivity contribution is 9.10. The third kappa shape index (κ3) is 3.59. The van der Waals surface area contributed by atoms with Crippen LogP contribution >= 0.6 is 15.9 Å². The molecule has 110 valence electrons. The standard InChI is InChI=1S/C15H21BrN2O2/c1-10(11-3-5-12(16)6-4-11)7-15(20)18(2)13-8-17-9-14(13)19/h3-6,10,13-14,17,19H,7-9H2,1-2H3/t10?,13-,14-/m1/s1. The lowest BCUT2D eigenvalue weighted by Gasteiger charge is -2.27. The maximum atomic E-state index is 12.3. The van der Waals surface area contributed by atoms with Crippen LogP contribution in [-0.4, -0.2) is 48.2 Å². The average Bonchev–Trinajstić information content (AvgIpc) is 2.84. The van der Waals surface area contributed by atoms with E-state index >= 15 is 0 Å². The molecule has 1 heterocycles. The molecule has 4 nitrogen and oxygen atoms in total. The Bertz CT molecular complexity index is 463. The van der Waals surface area contributed by atoms with Gasteiger partial charge < -0.3 is 15.3 Å². The lowest BCUT2D eigenvalue weighted by molar-refractivity contribution is -0.133. The molecule has 0 radical (unpaired) electrons. The smallest absolute Gasteiger partial charge is 0.223 e. The summed E-state index contributed by atoms with van der Waals surface area (Å²) in [7, 11) is 1.78. The van der Waals surface area contributed by atoms with Crippen LogP contribution in [0.25, 0.3) is 0 Å². The molecule has 0 saturated carbocycles. The number of hydrogen-bond donors (Lipinski definition) is 2. The van der Waals surface area contributed by atoms with E-state index in [4.69, 9.17) is 0 Å². The molecule has 2 rings (SSSR count). The van der Waals surface area contributed by atoms with Gasteiger partial charge in [0, 0.05) is 31.0 Å². The van der Waals surface area contributed by atoms with E-state index in [-0.39, 0.29) is 17.9 Å². The van der Waals surface area contributed by atoms with E-state index < -0.39 is 6.10 Å². The summed E-state index contributed by atoms with van der Waals surface area (Å²) in [6.45, 7) is 3.28. The Kier molecular flexibility index (Phi) is 5.18. The van der Waals surface area contributed by atoms with Gasteiger partial charge in [-0.25, -0.2) is 0 Å². The molecule has 20 heavy (non-hydrogen) atoms. The van der Waals surface area contributed by atoms with Gasteiger partial charge >= 0.3 is 0 Å². The summed E-state index contributed by atoms with van der Waals surface area (Å²) in [6, 6.07) is 7.94.